The highest BCUT2D eigenvalue weighted by Gasteiger charge is 2.17. The lowest BCUT2D eigenvalue weighted by Crippen LogP contribution is -2.14. The van der Waals surface area contributed by atoms with Gasteiger partial charge in [-0.2, -0.15) is 5.26 Å². The van der Waals surface area contributed by atoms with Gasteiger partial charge in [-0.25, -0.2) is 0 Å². The largest absolute Gasteiger partial charge is 0.392 e. The van der Waals surface area contributed by atoms with Gasteiger partial charge in [-0.15, -0.1) is 0 Å². The van der Waals surface area contributed by atoms with Crippen LogP contribution in [0, 0.1) is 11.3 Å². The van der Waals surface area contributed by atoms with Gasteiger partial charge in [-0.05, 0) is 18.2 Å². The Bertz CT molecular complexity index is 1010. The number of para-hydroxylation sites is 1. The quantitative estimate of drug-likeness (QED) is 0.723. The first-order chi connectivity index (χ1) is 12.1. The molecule has 1 heterocycles. The van der Waals surface area contributed by atoms with Crippen LogP contribution in [0.2, 0.25) is 10.0 Å². The van der Waals surface area contributed by atoms with Crippen molar-refractivity contribution in [1.82, 2.24) is 4.98 Å². The predicted molar refractivity (Wildman–Crippen MR) is 96.8 cm³/mol. The van der Waals surface area contributed by atoms with Gasteiger partial charge in [0.1, 0.15) is 6.07 Å². The van der Waals surface area contributed by atoms with Crippen molar-refractivity contribution < 1.29 is 9.90 Å². The molecule has 0 aliphatic heterocycles. The monoisotopic (exact) mass is 371 g/mol. The summed E-state index contributed by atoms with van der Waals surface area (Å²) in [5.41, 5.74) is 1.80. The van der Waals surface area contributed by atoms with E-state index in [0.717, 1.165) is 0 Å². The third kappa shape index (κ3) is 3.15. The van der Waals surface area contributed by atoms with E-state index in [4.69, 9.17) is 28.5 Å². The molecule has 0 unspecified atom stereocenters. The number of hydrogen-bond acceptors (Lipinski definition) is 4. The second kappa shape index (κ2) is 7.08. The van der Waals surface area contributed by atoms with E-state index in [-0.39, 0.29) is 27.8 Å². The Labute approximate surface area is 153 Å². The molecule has 0 aliphatic carbocycles. The number of anilines is 1. The van der Waals surface area contributed by atoms with Crippen LogP contribution in [0.15, 0.2) is 42.6 Å². The number of aliphatic hydroxyl groups is 1. The van der Waals surface area contributed by atoms with Crippen molar-refractivity contribution in [2.75, 3.05) is 5.32 Å². The summed E-state index contributed by atoms with van der Waals surface area (Å²) < 4.78 is 0. The minimum atomic E-state index is -0.472. The number of pyridine rings is 1. The highest BCUT2D eigenvalue weighted by atomic mass is 35.5. The van der Waals surface area contributed by atoms with Crippen LogP contribution < -0.4 is 5.32 Å². The van der Waals surface area contributed by atoms with Crippen molar-refractivity contribution in [1.29, 1.82) is 5.26 Å². The molecule has 0 atom stereocenters. The van der Waals surface area contributed by atoms with E-state index >= 15 is 0 Å². The van der Waals surface area contributed by atoms with E-state index in [0.29, 0.717) is 22.2 Å². The van der Waals surface area contributed by atoms with Crippen LogP contribution >= 0.6 is 23.2 Å². The van der Waals surface area contributed by atoms with Crippen molar-refractivity contribution in [2.24, 2.45) is 0 Å². The van der Waals surface area contributed by atoms with Gasteiger partial charge in [0.05, 0.1) is 39.0 Å². The van der Waals surface area contributed by atoms with Gasteiger partial charge in [-0.1, -0.05) is 41.4 Å². The molecule has 0 radical (unpaired) electrons. The lowest BCUT2D eigenvalue weighted by atomic mass is 10.0. The molecule has 1 aromatic heterocycles. The minimum Gasteiger partial charge on any atom is -0.392 e. The maximum Gasteiger partial charge on any atom is 0.258 e. The Balaban J connectivity index is 2.09. The van der Waals surface area contributed by atoms with Crippen LogP contribution in [-0.2, 0) is 6.61 Å². The first kappa shape index (κ1) is 17.2. The summed E-state index contributed by atoms with van der Waals surface area (Å²) in [7, 11) is 0. The fraction of sp³-hybridized carbons (Fsp3) is 0.0556. The molecular formula is C18H11Cl2N3O2. The van der Waals surface area contributed by atoms with Gasteiger partial charge in [0.25, 0.3) is 5.91 Å². The summed E-state index contributed by atoms with van der Waals surface area (Å²) in [5.74, 6) is -0.472. The fourth-order valence-corrected chi connectivity index (χ4v) is 3.11. The van der Waals surface area contributed by atoms with Gasteiger partial charge in [0, 0.05) is 17.1 Å². The molecule has 2 aromatic carbocycles. The number of benzene rings is 2. The number of halogens is 2. The average Bonchev–Trinajstić information content (AvgIpc) is 2.60. The third-order valence-electron chi connectivity index (χ3n) is 3.73. The molecule has 0 spiro atoms. The summed E-state index contributed by atoms with van der Waals surface area (Å²) in [6.07, 6.45) is 1.37. The maximum absolute atomic E-state index is 12.6. The number of fused-ring (bicyclic) bond motifs is 1. The van der Waals surface area contributed by atoms with E-state index in [9.17, 15) is 9.90 Å². The number of rotatable bonds is 3. The summed E-state index contributed by atoms with van der Waals surface area (Å²) in [6, 6.07) is 11.9. The molecule has 0 saturated carbocycles. The lowest BCUT2D eigenvalue weighted by Gasteiger charge is -2.12. The molecule has 3 rings (SSSR count). The normalized spacial score (nSPS) is 10.5. The van der Waals surface area contributed by atoms with Crippen molar-refractivity contribution in [3.05, 3.63) is 69.3 Å². The zero-order valence-corrected chi connectivity index (χ0v) is 14.3. The Morgan fingerprint density at radius 3 is 2.52 bits per heavy atom. The Morgan fingerprint density at radius 1 is 1.20 bits per heavy atom. The number of amides is 1. The highest BCUT2D eigenvalue weighted by Crippen LogP contribution is 2.29. The van der Waals surface area contributed by atoms with Crippen LogP contribution in [0.5, 0.6) is 0 Å². The first-order valence-electron chi connectivity index (χ1n) is 7.23. The van der Waals surface area contributed by atoms with E-state index in [1.165, 1.54) is 6.20 Å². The molecule has 0 saturated heterocycles. The molecule has 0 fully saturated rings. The molecule has 0 aliphatic rings. The first-order valence-corrected chi connectivity index (χ1v) is 7.99. The lowest BCUT2D eigenvalue weighted by molar-refractivity contribution is 0.102. The molecule has 2 N–H and O–H groups in total. The van der Waals surface area contributed by atoms with Crippen LogP contribution in [0.4, 0.5) is 5.69 Å². The van der Waals surface area contributed by atoms with Crippen molar-refractivity contribution in [3.8, 4) is 6.07 Å². The maximum atomic E-state index is 12.6. The molecule has 3 aromatic rings. The summed E-state index contributed by atoms with van der Waals surface area (Å²) in [5, 5.41) is 22.5. The van der Waals surface area contributed by atoms with E-state index in [1.54, 1.807) is 36.4 Å². The predicted octanol–water partition coefficient (Wildman–Crippen LogP) is 4.16. The van der Waals surface area contributed by atoms with Crippen LogP contribution in [-0.4, -0.2) is 16.0 Å². The zero-order valence-electron chi connectivity index (χ0n) is 12.8. The number of hydrogen-bond donors (Lipinski definition) is 2. The highest BCUT2D eigenvalue weighted by molar-refractivity contribution is 6.40. The SMILES string of the molecule is N#Cc1cnc2c(NC(=O)c3c(Cl)cccc3Cl)cccc2c1CO. The van der Waals surface area contributed by atoms with Crippen molar-refractivity contribution >= 4 is 45.7 Å². The Morgan fingerprint density at radius 2 is 1.88 bits per heavy atom. The number of carbonyl (C=O) groups excluding carboxylic acids is 1. The smallest absolute Gasteiger partial charge is 0.258 e. The van der Waals surface area contributed by atoms with E-state index < -0.39 is 5.91 Å². The zero-order chi connectivity index (χ0) is 18.0. The van der Waals surface area contributed by atoms with Crippen molar-refractivity contribution in [2.45, 2.75) is 6.61 Å². The molecular weight excluding hydrogens is 361 g/mol. The summed E-state index contributed by atoms with van der Waals surface area (Å²) >= 11 is 12.1. The van der Waals surface area contributed by atoms with E-state index in [2.05, 4.69) is 10.3 Å². The molecule has 124 valence electrons. The topological polar surface area (TPSA) is 86.0 Å². The van der Waals surface area contributed by atoms with Crippen LogP contribution in [0.25, 0.3) is 10.9 Å². The fourth-order valence-electron chi connectivity index (χ4n) is 2.55. The van der Waals surface area contributed by atoms with Gasteiger partial charge in [0.2, 0.25) is 0 Å². The number of nitrogens with zero attached hydrogens (tertiary/aromatic N) is 2. The average molecular weight is 372 g/mol. The molecule has 7 heteroatoms. The summed E-state index contributed by atoms with van der Waals surface area (Å²) in [6.45, 7) is -0.310. The number of aromatic nitrogens is 1. The number of nitriles is 1. The molecule has 5 nitrogen and oxygen atoms in total. The second-order valence-electron chi connectivity index (χ2n) is 5.17. The van der Waals surface area contributed by atoms with Gasteiger partial charge in [0.15, 0.2) is 0 Å². The summed E-state index contributed by atoms with van der Waals surface area (Å²) in [4.78, 5) is 16.8. The van der Waals surface area contributed by atoms with Gasteiger partial charge in [-0.3, -0.25) is 9.78 Å². The number of nitrogens with one attached hydrogen (secondary N) is 1. The van der Waals surface area contributed by atoms with Gasteiger partial charge >= 0.3 is 0 Å². The van der Waals surface area contributed by atoms with Crippen molar-refractivity contribution in [3.63, 3.8) is 0 Å². The van der Waals surface area contributed by atoms with Gasteiger partial charge < -0.3 is 10.4 Å². The minimum absolute atomic E-state index is 0.166. The molecule has 1 amide bonds. The number of carbonyl (C=O) groups is 1. The van der Waals surface area contributed by atoms with E-state index in [1.807, 2.05) is 6.07 Å². The number of aliphatic hydroxyl groups excluding tert-OH is 1. The molecule has 0 bridgehead atoms. The second-order valence-corrected chi connectivity index (χ2v) is 5.99. The Hall–Kier alpha value is -2.65. The van der Waals surface area contributed by atoms with Crippen LogP contribution in [0.1, 0.15) is 21.5 Å². The van der Waals surface area contributed by atoms with Crippen LogP contribution in [0.3, 0.4) is 0 Å². The third-order valence-corrected chi connectivity index (χ3v) is 4.36. The Kier molecular flexibility index (Phi) is 4.86. The standard InChI is InChI=1S/C18H11Cl2N3O2/c19-13-4-2-5-14(20)16(13)18(25)23-15-6-1-3-11-12(9-24)10(7-21)8-22-17(11)15/h1-6,8,24H,9H2,(H,23,25). The molecule has 25 heavy (non-hydrogen) atoms.